The van der Waals surface area contributed by atoms with Crippen molar-refractivity contribution in [3.63, 3.8) is 0 Å². The maximum Gasteiger partial charge on any atom is 0.292 e. The Hall–Kier alpha value is -3.57. The number of benzene rings is 2. The van der Waals surface area contributed by atoms with Crippen LogP contribution in [0.15, 0.2) is 70.1 Å². The molecule has 1 aliphatic rings. The molecule has 0 spiro atoms. The number of nitro groups is 1. The number of sulfonamides is 1. The van der Waals surface area contributed by atoms with Gasteiger partial charge in [0, 0.05) is 49.9 Å². The summed E-state index contributed by atoms with van der Waals surface area (Å²) in [6.07, 6.45) is 0. The lowest BCUT2D eigenvalue weighted by molar-refractivity contribution is -0.385. The fourth-order valence-electron chi connectivity index (χ4n) is 3.31. The first kappa shape index (κ1) is 20.7. The van der Waals surface area contributed by atoms with E-state index in [1.165, 1.54) is 27.4 Å². The summed E-state index contributed by atoms with van der Waals surface area (Å²) in [5.74, 6) is -0.295. The van der Waals surface area contributed by atoms with Crippen LogP contribution in [0.5, 0.6) is 0 Å². The van der Waals surface area contributed by atoms with Crippen LogP contribution in [0.3, 0.4) is 0 Å². The summed E-state index contributed by atoms with van der Waals surface area (Å²) in [5.41, 5.74) is 1.06. The van der Waals surface area contributed by atoms with Gasteiger partial charge in [-0.15, -0.1) is 0 Å². The van der Waals surface area contributed by atoms with Crippen molar-refractivity contribution in [2.45, 2.75) is 4.90 Å². The maximum absolute atomic E-state index is 12.8. The van der Waals surface area contributed by atoms with Crippen molar-refractivity contribution in [1.29, 1.82) is 0 Å². The molecule has 0 aliphatic carbocycles. The van der Waals surface area contributed by atoms with Crippen LogP contribution in [-0.2, 0) is 10.0 Å². The van der Waals surface area contributed by atoms with Gasteiger partial charge in [0.1, 0.15) is 5.69 Å². The first-order chi connectivity index (χ1) is 14.9. The van der Waals surface area contributed by atoms with Gasteiger partial charge in [0.25, 0.3) is 11.6 Å². The molecule has 0 atom stereocenters. The number of nitro benzene ring substituents is 1. The van der Waals surface area contributed by atoms with Gasteiger partial charge in [-0.25, -0.2) is 8.42 Å². The summed E-state index contributed by atoms with van der Waals surface area (Å²) in [5, 5.41) is 14.9. The number of hydrogen-bond donors (Lipinski definition) is 0. The molecule has 1 amide bonds. The number of carbonyl (C=O) groups excluding carboxylic acids is 1. The highest BCUT2D eigenvalue weighted by Crippen LogP contribution is 2.23. The Morgan fingerprint density at radius 3 is 2.39 bits per heavy atom. The van der Waals surface area contributed by atoms with Crippen molar-refractivity contribution in [1.82, 2.24) is 14.4 Å². The molecule has 2 heterocycles. The van der Waals surface area contributed by atoms with Crippen molar-refractivity contribution < 1.29 is 22.7 Å². The molecule has 160 valence electrons. The molecule has 0 bridgehead atoms. The minimum atomic E-state index is -3.91. The van der Waals surface area contributed by atoms with Crippen LogP contribution in [-0.4, -0.2) is 59.8 Å². The van der Waals surface area contributed by atoms with Gasteiger partial charge in [-0.3, -0.25) is 14.9 Å². The summed E-state index contributed by atoms with van der Waals surface area (Å²) in [7, 11) is -3.91. The third-order valence-corrected chi connectivity index (χ3v) is 6.88. The Labute approximate surface area is 177 Å². The first-order valence-corrected chi connectivity index (χ1v) is 10.9. The van der Waals surface area contributed by atoms with E-state index >= 15 is 0 Å². The first-order valence-electron chi connectivity index (χ1n) is 9.42. The van der Waals surface area contributed by atoms with E-state index in [1.807, 2.05) is 30.3 Å². The monoisotopic (exact) mass is 442 g/mol. The minimum absolute atomic E-state index is 0.0659. The van der Waals surface area contributed by atoms with Gasteiger partial charge in [-0.1, -0.05) is 41.6 Å². The van der Waals surface area contributed by atoms with E-state index in [2.05, 4.69) is 5.16 Å². The fraction of sp³-hybridized carbons (Fsp3) is 0.200. The van der Waals surface area contributed by atoms with Gasteiger partial charge in [-0.2, -0.15) is 4.31 Å². The fourth-order valence-corrected chi connectivity index (χ4v) is 4.78. The normalized spacial score (nSPS) is 15.0. The van der Waals surface area contributed by atoms with E-state index in [0.29, 0.717) is 5.69 Å². The lowest BCUT2D eigenvalue weighted by Gasteiger charge is -2.33. The van der Waals surface area contributed by atoms with Crippen molar-refractivity contribution >= 4 is 21.6 Å². The standard InChI is InChI=1S/C20H18N4O6S/c25-20(19-14-18(21-30-19)15-5-2-1-3-6-15)22-9-11-23(12-10-22)31(28,29)17-8-4-7-16(13-17)24(26)27/h1-8,13-14H,9-12H2. The zero-order valence-corrected chi connectivity index (χ0v) is 17.1. The largest absolute Gasteiger partial charge is 0.350 e. The predicted octanol–water partition coefficient (Wildman–Crippen LogP) is 2.40. The molecule has 1 fully saturated rings. The van der Waals surface area contributed by atoms with Crippen molar-refractivity contribution in [3.8, 4) is 11.3 Å². The second kappa shape index (κ2) is 8.28. The predicted molar refractivity (Wildman–Crippen MR) is 110 cm³/mol. The molecule has 10 nitrogen and oxygen atoms in total. The molecule has 0 N–H and O–H groups in total. The average Bonchev–Trinajstić information content (AvgIpc) is 3.30. The number of amides is 1. The Morgan fingerprint density at radius 1 is 1.00 bits per heavy atom. The van der Waals surface area contributed by atoms with Crippen LogP contribution in [0.2, 0.25) is 0 Å². The lowest BCUT2D eigenvalue weighted by atomic mass is 10.1. The minimum Gasteiger partial charge on any atom is -0.350 e. The smallest absolute Gasteiger partial charge is 0.292 e. The zero-order chi connectivity index (χ0) is 22.0. The second-order valence-corrected chi connectivity index (χ2v) is 8.83. The Morgan fingerprint density at radius 2 is 1.71 bits per heavy atom. The molecule has 1 aromatic heterocycles. The van der Waals surface area contributed by atoms with Gasteiger partial charge in [0.05, 0.1) is 9.82 Å². The van der Waals surface area contributed by atoms with E-state index in [0.717, 1.165) is 11.6 Å². The molecule has 0 unspecified atom stereocenters. The number of piperazine rings is 1. The van der Waals surface area contributed by atoms with Crippen LogP contribution < -0.4 is 0 Å². The highest BCUT2D eigenvalue weighted by molar-refractivity contribution is 7.89. The van der Waals surface area contributed by atoms with Crippen LogP contribution >= 0.6 is 0 Å². The van der Waals surface area contributed by atoms with Crippen LogP contribution in [0.4, 0.5) is 5.69 Å². The van der Waals surface area contributed by atoms with Crippen molar-refractivity contribution in [2.75, 3.05) is 26.2 Å². The number of hydrogen-bond acceptors (Lipinski definition) is 7. The van der Waals surface area contributed by atoms with Crippen LogP contribution in [0, 0.1) is 10.1 Å². The molecule has 0 radical (unpaired) electrons. The maximum atomic E-state index is 12.8. The summed E-state index contributed by atoms with van der Waals surface area (Å²) in [4.78, 5) is 24.4. The number of carbonyl (C=O) groups is 1. The number of non-ortho nitro benzene ring substituents is 1. The van der Waals surface area contributed by atoms with Gasteiger partial charge >= 0.3 is 0 Å². The Balaban J connectivity index is 1.44. The summed E-state index contributed by atoms with van der Waals surface area (Å²) >= 11 is 0. The third kappa shape index (κ3) is 4.18. The Kier molecular flexibility index (Phi) is 5.53. The van der Waals surface area contributed by atoms with Crippen molar-refractivity contribution in [2.24, 2.45) is 0 Å². The number of nitrogens with zero attached hydrogens (tertiary/aromatic N) is 4. The van der Waals surface area contributed by atoms with Gasteiger partial charge in [0.15, 0.2) is 0 Å². The van der Waals surface area contributed by atoms with Crippen LogP contribution in [0.25, 0.3) is 11.3 Å². The molecule has 1 saturated heterocycles. The number of aromatic nitrogens is 1. The number of rotatable bonds is 5. The quantitative estimate of drug-likeness (QED) is 0.438. The SMILES string of the molecule is O=C(c1cc(-c2ccccc2)no1)N1CCN(S(=O)(=O)c2cccc([N+](=O)[O-])c2)CC1. The molecule has 1 aliphatic heterocycles. The molecule has 3 aromatic rings. The molecule has 2 aromatic carbocycles. The molecule has 11 heteroatoms. The zero-order valence-electron chi connectivity index (χ0n) is 16.2. The van der Waals surface area contributed by atoms with E-state index in [4.69, 9.17) is 4.52 Å². The third-order valence-electron chi connectivity index (χ3n) is 4.98. The lowest BCUT2D eigenvalue weighted by Crippen LogP contribution is -2.50. The molecule has 4 rings (SSSR count). The molecule has 0 saturated carbocycles. The molecule has 31 heavy (non-hydrogen) atoms. The molecular formula is C20H18N4O6S. The highest BCUT2D eigenvalue weighted by atomic mass is 32.2. The van der Waals surface area contributed by atoms with Gasteiger partial charge in [0.2, 0.25) is 15.8 Å². The van der Waals surface area contributed by atoms with E-state index in [-0.39, 0.29) is 48.4 Å². The van der Waals surface area contributed by atoms with Crippen LogP contribution in [0.1, 0.15) is 10.6 Å². The summed E-state index contributed by atoms with van der Waals surface area (Å²) in [6.45, 7) is 0.454. The van der Waals surface area contributed by atoms with Gasteiger partial charge < -0.3 is 9.42 Å². The summed E-state index contributed by atoms with van der Waals surface area (Å²) < 4.78 is 32.1. The van der Waals surface area contributed by atoms with Gasteiger partial charge in [-0.05, 0) is 6.07 Å². The van der Waals surface area contributed by atoms with E-state index < -0.39 is 14.9 Å². The van der Waals surface area contributed by atoms with Crippen molar-refractivity contribution in [3.05, 3.63) is 76.5 Å². The second-order valence-electron chi connectivity index (χ2n) is 6.89. The van der Waals surface area contributed by atoms with E-state index in [9.17, 15) is 23.3 Å². The molecular weight excluding hydrogens is 424 g/mol. The average molecular weight is 442 g/mol. The summed E-state index contributed by atoms with van der Waals surface area (Å²) in [6, 6.07) is 15.8. The van der Waals surface area contributed by atoms with E-state index in [1.54, 1.807) is 6.07 Å². The topological polar surface area (TPSA) is 127 Å². The Bertz CT molecular complexity index is 1220. The highest BCUT2D eigenvalue weighted by Gasteiger charge is 2.32.